The van der Waals surface area contributed by atoms with Crippen LogP contribution in [0.2, 0.25) is 0 Å². The maximum absolute atomic E-state index is 14.3. The number of para-hydroxylation sites is 1. The number of nitrogens with zero attached hydrogens (tertiary/aromatic N) is 3. The van der Waals surface area contributed by atoms with Crippen molar-refractivity contribution in [2.24, 2.45) is 0 Å². The fourth-order valence-corrected chi connectivity index (χ4v) is 6.85. The van der Waals surface area contributed by atoms with Crippen molar-refractivity contribution in [3.8, 4) is 56.0 Å². The highest BCUT2D eigenvalue weighted by molar-refractivity contribution is 6.24. The minimum atomic E-state index is -1.50. The molecule has 0 unspecified atom stereocenters. The Labute approximate surface area is 291 Å². The Bertz CT molecular complexity index is 2750. The Morgan fingerprint density at radius 1 is 0.353 bits per heavy atom. The second-order valence-electron chi connectivity index (χ2n) is 12.4. The van der Waals surface area contributed by atoms with Crippen LogP contribution in [0.15, 0.2) is 158 Å². The highest BCUT2D eigenvalue weighted by Gasteiger charge is 2.22. The van der Waals surface area contributed by atoms with E-state index in [0.29, 0.717) is 11.3 Å². The number of halogens is 3. The summed E-state index contributed by atoms with van der Waals surface area (Å²) in [6.45, 7) is 0. The van der Waals surface area contributed by atoms with Crippen LogP contribution in [0.5, 0.6) is 0 Å². The van der Waals surface area contributed by atoms with Crippen molar-refractivity contribution < 1.29 is 13.2 Å². The zero-order chi connectivity index (χ0) is 34.5. The van der Waals surface area contributed by atoms with Crippen molar-refractivity contribution in [1.29, 1.82) is 0 Å². The first-order chi connectivity index (χ1) is 25.0. The molecule has 0 bridgehead atoms. The third kappa shape index (κ3) is 5.29. The van der Waals surface area contributed by atoms with Crippen LogP contribution in [-0.4, -0.2) is 15.0 Å². The number of hydrogen-bond donors (Lipinski definition) is 0. The largest absolute Gasteiger partial charge is 0.247 e. The smallest absolute Gasteiger partial charge is 0.194 e. The van der Waals surface area contributed by atoms with Crippen LogP contribution in [0, 0.1) is 17.5 Å². The van der Waals surface area contributed by atoms with Crippen LogP contribution in [0.25, 0.3) is 88.7 Å². The van der Waals surface area contributed by atoms with Gasteiger partial charge in [0.25, 0.3) is 0 Å². The molecule has 0 spiro atoms. The molecule has 2 aromatic heterocycles. The van der Waals surface area contributed by atoms with Crippen molar-refractivity contribution in [2.45, 2.75) is 0 Å². The van der Waals surface area contributed by atoms with Gasteiger partial charge in [-0.3, -0.25) is 0 Å². The Balaban J connectivity index is 1.42. The van der Waals surface area contributed by atoms with Gasteiger partial charge in [-0.25, -0.2) is 28.1 Å². The van der Waals surface area contributed by atoms with Gasteiger partial charge in [0.1, 0.15) is 0 Å². The summed E-state index contributed by atoms with van der Waals surface area (Å²) >= 11 is 0. The van der Waals surface area contributed by atoms with E-state index in [4.69, 9.17) is 15.0 Å². The monoisotopic (exact) mass is 665 g/mol. The van der Waals surface area contributed by atoms with Gasteiger partial charge in [0.05, 0.1) is 33.6 Å². The standard InChI is InChI=1S/C45H26F3N3/c46-36-24-32(25-37(47)40(36)48)30-19-12-20-31(23-30)41-35-26-34(27-13-4-1-5-14-27)44-45(39(35)33-21-10-11-22-38(33)49-41)51-43(29-17-8-3-9-18-29)42(50-44)28-15-6-2-7-16-28/h1-26H. The zero-order valence-electron chi connectivity index (χ0n) is 27.0. The number of rotatable bonds is 5. The van der Waals surface area contributed by atoms with E-state index in [9.17, 15) is 13.2 Å². The Kier molecular flexibility index (Phi) is 7.36. The summed E-state index contributed by atoms with van der Waals surface area (Å²) in [6.07, 6.45) is 0. The molecular weight excluding hydrogens is 640 g/mol. The maximum atomic E-state index is 14.3. The number of benzene rings is 7. The molecular formula is C45H26F3N3. The van der Waals surface area contributed by atoms with E-state index in [-0.39, 0.29) is 5.56 Å². The lowest BCUT2D eigenvalue weighted by Crippen LogP contribution is -2.00. The molecule has 9 rings (SSSR count). The van der Waals surface area contributed by atoms with Gasteiger partial charge in [-0.05, 0) is 47.0 Å². The fraction of sp³-hybridized carbons (Fsp3) is 0. The summed E-state index contributed by atoms with van der Waals surface area (Å²) in [7, 11) is 0. The Morgan fingerprint density at radius 3 is 1.53 bits per heavy atom. The normalized spacial score (nSPS) is 11.4. The summed E-state index contributed by atoms with van der Waals surface area (Å²) in [6, 6.07) is 49.6. The van der Waals surface area contributed by atoms with Crippen LogP contribution < -0.4 is 0 Å². The minimum Gasteiger partial charge on any atom is -0.247 e. The summed E-state index contributed by atoms with van der Waals surface area (Å²) in [5.41, 5.74) is 9.65. The maximum Gasteiger partial charge on any atom is 0.194 e. The molecule has 0 aliphatic carbocycles. The van der Waals surface area contributed by atoms with E-state index in [2.05, 4.69) is 30.3 Å². The lowest BCUT2D eigenvalue weighted by Gasteiger charge is -2.18. The van der Waals surface area contributed by atoms with E-state index in [1.807, 2.05) is 109 Å². The topological polar surface area (TPSA) is 38.7 Å². The van der Waals surface area contributed by atoms with Crippen LogP contribution in [-0.2, 0) is 0 Å². The van der Waals surface area contributed by atoms with Gasteiger partial charge in [-0.2, -0.15) is 0 Å². The van der Waals surface area contributed by atoms with E-state index >= 15 is 0 Å². The SMILES string of the molecule is Fc1cc(-c2cccc(-c3nc4ccccc4c4c3cc(-c3ccccc3)c3nc(-c5ccccc5)c(-c5ccccc5)nc34)c2)cc(F)c1F. The molecule has 0 amide bonds. The van der Waals surface area contributed by atoms with Gasteiger partial charge in [-0.1, -0.05) is 127 Å². The molecule has 3 nitrogen and oxygen atoms in total. The first-order valence-electron chi connectivity index (χ1n) is 16.5. The number of pyridine rings is 1. The predicted molar refractivity (Wildman–Crippen MR) is 199 cm³/mol. The van der Waals surface area contributed by atoms with Gasteiger partial charge in [0.2, 0.25) is 0 Å². The Morgan fingerprint density at radius 2 is 0.882 bits per heavy atom. The molecule has 2 heterocycles. The molecule has 0 aliphatic heterocycles. The zero-order valence-corrected chi connectivity index (χ0v) is 27.0. The van der Waals surface area contributed by atoms with Gasteiger partial charge in [-0.15, -0.1) is 0 Å². The fourth-order valence-electron chi connectivity index (χ4n) is 6.85. The molecule has 7 aromatic carbocycles. The van der Waals surface area contributed by atoms with Crippen LogP contribution in [0.3, 0.4) is 0 Å². The summed E-state index contributed by atoms with van der Waals surface area (Å²) in [4.78, 5) is 16.1. The van der Waals surface area contributed by atoms with Gasteiger partial charge < -0.3 is 0 Å². The lowest BCUT2D eigenvalue weighted by atomic mass is 9.92. The molecule has 9 aromatic rings. The van der Waals surface area contributed by atoms with Crippen LogP contribution in [0.1, 0.15) is 0 Å². The van der Waals surface area contributed by atoms with E-state index < -0.39 is 17.5 Å². The molecule has 242 valence electrons. The molecule has 0 fully saturated rings. The number of aromatic nitrogens is 3. The Hall–Kier alpha value is -6.66. The van der Waals surface area contributed by atoms with E-state index in [1.165, 1.54) is 0 Å². The van der Waals surface area contributed by atoms with Gasteiger partial charge in [0.15, 0.2) is 17.5 Å². The first kappa shape index (κ1) is 30.4. The van der Waals surface area contributed by atoms with Crippen molar-refractivity contribution in [3.05, 3.63) is 175 Å². The van der Waals surface area contributed by atoms with E-state index in [0.717, 1.165) is 84.0 Å². The molecule has 0 aliphatic rings. The third-order valence-electron chi connectivity index (χ3n) is 9.24. The van der Waals surface area contributed by atoms with Crippen molar-refractivity contribution in [1.82, 2.24) is 15.0 Å². The minimum absolute atomic E-state index is 0.223. The number of hydrogen-bond acceptors (Lipinski definition) is 3. The van der Waals surface area contributed by atoms with Gasteiger partial charge >= 0.3 is 0 Å². The average Bonchev–Trinajstić information content (AvgIpc) is 3.19. The van der Waals surface area contributed by atoms with Crippen LogP contribution in [0.4, 0.5) is 13.2 Å². The second kappa shape index (κ2) is 12.3. The van der Waals surface area contributed by atoms with Gasteiger partial charge in [0, 0.05) is 38.4 Å². The molecule has 0 saturated heterocycles. The second-order valence-corrected chi connectivity index (χ2v) is 12.4. The van der Waals surface area contributed by atoms with Crippen molar-refractivity contribution in [2.75, 3.05) is 0 Å². The third-order valence-corrected chi connectivity index (χ3v) is 9.24. The van der Waals surface area contributed by atoms with Crippen LogP contribution >= 0.6 is 0 Å². The predicted octanol–water partition coefficient (Wildman–Crippen LogP) is 12.1. The molecule has 0 N–H and O–H groups in total. The highest BCUT2D eigenvalue weighted by Crippen LogP contribution is 2.43. The molecule has 0 atom stereocenters. The quantitative estimate of drug-likeness (QED) is 0.136. The first-order valence-corrected chi connectivity index (χ1v) is 16.5. The average molecular weight is 666 g/mol. The lowest BCUT2D eigenvalue weighted by molar-refractivity contribution is 0.448. The summed E-state index contributed by atoms with van der Waals surface area (Å²) < 4.78 is 42.6. The molecule has 6 heteroatoms. The highest BCUT2D eigenvalue weighted by atomic mass is 19.2. The van der Waals surface area contributed by atoms with Crippen molar-refractivity contribution in [3.63, 3.8) is 0 Å². The molecule has 0 radical (unpaired) electrons. The number of fused-ring (bicyclic) bond motifs is 5. The summed E-state index contributed by atoms with van der Waals surface area (Å²) in [5.74, 6) is -3.98. The summed E-state index contributed by atoms with van der Waals surface area (Å²) in [5, 5.41) is 2.65. The van der Waals surface area contributed by atoms with E-state index in [1.54, 1.807) is 6.07 Å². The molecule has 0 saturated carbocycles. The molecule has 51 heavy (non-hydrogen) atoms. The van der Waals surface area contributed by atoms with Crippen molar-refractivity contribution >= 4 is 32.7 Å².